The molecule has 1 aromatic heterocycles. The Morgan fingerprint density at radius 2 is 1.81 bits per heavy atom. The summed E-state index contributed by atoms with van der Waals surface area (Å²) < 4.78 is 12.9. The lowest BCUT2D eigenvalue weighted by molar-refractivity contribution is 0.426. The van der Waals surface area contributed by atoms with Crippen molar-refractivity contribution in [2.75, 3.05) is 6.54 Å². The number of rotatable bonds is 5. The van der Waals surface area contributed by atoms with E-state index in [4.69, 9.17) is 12.2 Å². The van der Waals surface area contributed by atoms with Gasteiger partial charge in [-0.2, -0.15) is 0 Å². The lowest BCUT2D eigenvalue weighted by atomic mass is 10.2. The number of pyridine rings is 1. The van der Waals surface area contributed by atoms with Crippen molar-refractivity contribution in [2.45, 2.75) is 20.0 Å². The number of hydrogen-bond donors (Lipinski definition) is 1. The zero-order valence-electron chi connectivity index (χ0n) is 11.9. The first-order valence-corrected chi connectivity index (χ1v) is 7.26. The molecule has 0 radical (unpaired) electrons. The van der Waals surface area contributed by atoms with Gasteiger partial charge in [0.25, 0.3) is 0 Å². The number of benzene rings is 1. The summed E-state index contributed by atoms with van der Waals surface area (Å²) in [7, 11) is 0. The van der Waals surface area contributed by atoms with E-state index < -0.39 is 0 Å². The van der Waals surface area contributed by atoms with Crippen molar-refractivity contribution >= 4 is 17.3 Å². The molecule has 110 valence electrons. The molecule has 2 aromatic rings. The standard InChI is InChI=1S/C16H18FN3S/c1-2-20(12-14-7-9-18-10-8-14)16(21)19-11-13-3-5-15(17)6-4-13/h3-10H,2,11-12H2,1H3,(H,19,21). The predicted molar refractivity (Wildman–Crippen MR) is 86.2 cm³/mol. The van der Waals surface area contributed by atoms with Crippen LogP contribution in [-0.4, -0.2) is 21.5 Å². The fraction of sp³-hybridized carbons (Fsp3) is 0.250. The van der Waals surface area contributed by atoms with E-state index in [2.05, 4.69) is 22.1 Å². The van der Waals surface area contributed by atoms with Gasteiger partial charge in [0.05, 0.1) is 0 Å². The quantitative estimate of drug-likeness (QED) is 0.859. The normalized spacial score (nSPS) is 10.2. The van der Waals surface area contributed by atoms with Crippen LogP contribution in [0.3, 0.4) is 0 Å². The summed E-state index contributed by atoms with van der Waals surface area (Å²) in [4.78, 5) is 6.09. The minimum Gasteiger partial charge on any atom is -0.358 e. The van der Waals surface area contributed by atoms with Crippen molar-refractivity contribution in [1.29, 1.82) is 0 Å². The average Bonchev–Trinajstić information content (AvgIpc) is 2.52. The Bertz CT molecular complexity index is 572. The zero-order valence-corrected chi connectivity index (χ0v) is 12.7. The molecule has 0 atom stereocenters. The molecule has 0 aliphatic rings. The van der Waals surface area contributed by atoms with E-state index in [0.717, 1.165) is 24.2 Å². The van der Waals surface area contributed by atoms with Crippen LogP contribution in [0.5, 0.6) is 0 Å². The average molecular weight is 303 g/mol. The van der Waals surface area contributed by atoms with Gasteiger partial charge in [-0.25, -0.2) is 4.39 Å². The Labute approximate surface area is 129 Å². The van der Waals surface area contributed by atoms with Crippen molar-refractivity contribution in [1.82, 2.24) is 15.2 Å². The highest BCUT2D eigenvalue weighted by molar-refractivity contribution is 7.80. The molecule has 0 saturated heterocycles. The van der Waals surface area contributed by atoms with Gasteiger partial charge in [-0.05, 0) is 54.5 Å². The molecule has 0 aliphatic heterocycles. The molecule has 0 unspecified atom stereocenters. The second-order valence-electron chi connectivity index (χ2n) is 4.65. The molecule has 1 aromatic carbocycles. The van der Waals surface area contributed by atoms with Crippen LogP contribution >= 0.6 is 12.2 Å². The minimum absolute atomic E-state index is 0.228. The second kappa shape index (κ2) is 7.69. The third-order valence-corrected chi connectivity index (χ3v) is 3.55. The Morgan fingerprint density at radius 3 is 2.43 bits per heavy atom. The molecule has 0 aliphatic carbocycles. The Kier molecular flexibility index (Phi) is 5.63. The highest BCUT2D eigenvalue weighted by atomic mass is 32.1. The van der Waals surface area contributed by atoms with Crippen LogP contribution in [0, 0.1) is 5.82 Å². The highest BCUT2D eigenvalue weighted by Gasteiger charge is 2.08. The maximum absolute atomic E-state index is 12.9. The predicted octanol–water partition coefficient (Wildman–Crippen LogP) is 3.12. The van der Waals surface area contributed by atoms with E-state index in [9.17, 15) is 4.39 Å². The zero-order chi connectivity index (χ0) is 15.1. The first-order chi connectivity index (χ1) is 10.2. The molecule has 0 fully saturated rings. The molecule has 0 spiro atoms. The number of hydrogen-bond acceptors (Lipinski definition) is 2. The summed E-state index contributed by atoms with van der Waals surface area (Å²) in [5, 5.41) is 3.90. The summed E-state index contributed by atoms with van der Waals surface area (Å²) in [6.07, 6.45) is 3.55. The van der Waals surface area contributed by atoms with Crippen LogP contribution in [0.25, 0.3) is 0 Å². The largest absolute Gasteiger partial charge is 0.358 e. The van der Waals surface area contributed by atoms with Gasteiger partial charge in [-0.3, -0.25) is 4.98 Å². The molecule has 0 saturated carbocycles. The van der Waals surface area contributed by atoms with E-state index in [0.29, 0.717) is 11.7 Å². The maximum atomic E-state index is 12.9. The summed E-state index contributed by atoms with van der Waals surface area (Å²) in [5.41, 5.74) is 2.16. The van der Waals surface area contributed by atoms with Crippen LogP contribution in [0.4, 0.5) is 4.39 Å². The second-order valence-corrected chi connectivity index (χ2v) is 5.04. The molecule has 1 heterocycles. The number of thiocarbonyl (C=S) groups is 1. The lowest BCUT2D eigenvalue weighted by Gasteiger charge is -2.24. The molecule has 2 rings (SSSR count). The van der Waals surface area contributed by atoms with Crippen molar-refractivity contribution in [3.05, 3.63) is 65.7 Å². The van der Waals surface area contributed by atoms with E-state index >= 15 is 0 Å². The Morgan fingerprint density at radius 1 is 1.14 bits per heavy atom. The molecular formula is C16H18FN3S. The number of halogens is 1. The smallest absolute Gasteiger partial charge is 0.169 e. The first kappa shape index (κ1) is 15.4. The van der Waals surface area contributed by atoms with Gasteiger partial charge in [-0.1, -0.05) is 12.1 Å². The SMILES string of the molecule is CCN(Cc1ccncc1)C(=S)NCc1ccc(F)cc1. The van der Waals surface area contributed by atoms with Crippen LogP contribution in [-0.2, 0) is 13.1 Å². The highest BCUT2D eigenvalue weighted by Crippen LogP contribution is 2.05. The molecule has 5 heteroatoms. The van der Waals surface area contributed by atoms with Gasteiger partial charge in [0.15, 0.2) is 5.11 Å². The van der Waals surface area contributed by atoms with Crippen molar-refractivity contribution in [2.24, 2.45) is 0 Å². The molecule has 0 amide bonds. The summed E-state index contributed by atoms with van der Waals surface area (Å²) in [6.45, 7) is 4.21. The fourth-order valence-corrected chi connectivity index (χ4v) is 2.19. The first-order valence-electron chi connectivity index (χ1n) is 6.85. The van der Waals surface area contributed by atoms with Crippen LogP contribution in [0.15, 0.2) is 48.8 Å². The lowest BCUT2D eigenvalue weighted by Crippen LogP contribution is -2.38. The van der Waals surface area contributed by atoms with Crippen molar-refractivity contribution < 1.29 is 4.39 Å². The molecule has 1 N–H and O–H groups in total. The van der Waals surface area contributed by atoms with Gasteiger partial charge in [-0.15, -0.1) is 0 Å². The van der Waals surface area contributed by atoms with Crippen LogP contribution in [0.2, 0.25) is 0 Å². The number of nitrogens with one attached hydrogen (secondary N) is 1. The number of aromatic nitrogens is 1. The Balaban J connectivity index is 1.89. The van der Waals surface area contributed by atoms with Gasteiger partial charge in [0, 0.05) is 32.0 Å². The molecular weight excluding hydrogens is 285 g/mol. The summed E-state index contributed by atoms with van der Waals surface area (Å²) in [6, 6.07) is 10.4. The third-order valence-electron chi connectivity index (χ3n) is 3.15. The van der Waals surface area contributed by atoms with Crippen molar-refractivity contribution in [3.8, 4) is 0 Å². The van der Waals surface area contributed by atoms with E-state index in [1.165, 1.54) is 12.1 Å². The van der Waals surface area contributed by atoms with Crippen LogP contribution in [0.1, 0.15) is 18.1 Å². The van der Waals surface area contributed by atoms with E-state index in [1.54, 1.807) is 24.5 Å². The minimum atomic E-state index is -0.228. The maximum Gasteiger partial charge on any atom is 0.169 e. The molecule has 21 heavy (non-hydrogen) atoms. The van der Waals surface area contributed by atoms with Gasteiger partial charge in [0.2, 0.25) is 0 Å². The van der Waals surface area contributed by atoms with Gasteiger partial charge < -0.3 is 10.2 Å². The van der Waals surface area contributed by atoms with Gasteiger partial charge >= 0.3 is 0 Å². The van der Waals surface area contributed by atoms with Gasteiger partial charge in [0.1, 0.15) is 5.82 Å². The topological polar surface area (TPSA) is 28.2 Å². The number of nitrogens with zero attached hydrogens (tertiary/aromatic N) is 2. The molecule has 0 bridgehead atoms. The van der Waals surface area contributed by atoms with Crippen LogP contribution < -0.4 is 5.32 Å². The summed E-state index contributed by atoms with van der Waals surface area (Å²) in [5.74, 6) is -0.228. The third kappa shape index (κ3) is 4.79. The monoisotopic (exact) mass is 303 g/mol. The summed E-state index contributed by atoms with van der Waals surface area (Å²) >= 11 is 5.42. The Hall–Kier alpha value is -2.01. The molecule has 3 nitrogen and oxygen atoms in total. The van der Waals surface area contributed by atoms with E-state index in [-0.39, 0.29) is 5.82 Å². The van der Waals surface area contributed by atoms with Crippen molar-refractivity contribution in [3.63, 3.8) is 0 Å². The van der Waals surface area contributed by atoms with E-state index in [1.807, 2.05) is 12.1 Å². The fourth-order valence-electron chi connectivity index (χ4n) is 1.93.